The lowest BCUT2D eigenvalue weighted by molar-refractivity contribution is 0.121. The number of aliphatic hydroxyl groups excluding tert-OH is 1. The summed E-state index contributed by atoms with van der Waals surface area (Å²) in [7, 11) is -1.26. The van der Waals surface area contributed by atoms with E-state index in [0.717, 1.165) is 25.7 Å². The molecule has 2 rings (SSSR count). The largest absolute Gasteiger partial charge is 0.392 e. The molecule has 0 spiro atoms. The van der Waals surface area contributed by atoms with E-state index in [1.165, 1.54) is 12.0 Å². The van der Waals surface area contributed by atoms with Crippen molar-refractivity contribution < 1.29 is 10.00 Å². The highest BCUT2D eigenvalue weighted by atomic mass is 31.1. The smallest absolute Gasteiger partial charge is 0.133 e. The predicted molar refractivity (Wildman–Crippen MR) is 70.1 cm³/mol. The van der Waals surface area contributed by atoms with Gasteiger partial charge in [0.05, 0.1) is 12.8 Å². The summed E-state index contributed by atoms with van der Waals surface area (Å²) in [6.07, 6.45) is 11.4. The Balaban J connectivity index is 2.16. The summed E-state index contributed by atoms with van der Waals surface area (Å²) in [6.45, 7) is 1.97. The second kappa shape index (κ2) is 5.44. The van der Waals surface area contributed by atoms with Crippen molar-refractivity contribution >= 4 is 8.15 Å². The zero-order valence-corrected chi connectivity index (χ0v) is 10.9. The molecule has 0 saturated heterocycles. The monoisotopic (exact) mass is 241 g/mol. The molecular weight excluding hydrogens is 219 g/mol. The number of aliphatic hydroxyl groups is 1. The lowest BCUT2D eigenvalue weighted by Crippen LogP contribution is -2.29. The van der Waals surface area contributed by atoms with Gasteiger partial charge in [0, 0.05) is 5.92 Å². The zero-order valence-electron chi connectivity index (χ0n) is 9.89. The minimum atomic E-state index is -1.26. The molecule has 0 aliphatic heterocycles. The van der Waals surface area contributed by atoms with E-state index in [2.05, 4.69) is 18.2 Å². The first-order valence-corrected chi connectivity index (χ1v) is 8.28. The van der Waals surface area contributed by atoms with Gasteiger partial charge in [0.15, 0.2) is 0 Å². The van der Waals surface area contributed by atoms with Crippen LogP contribution in [0.25, 0.3) is 0 Å². The molecule has 90 valence electrons. The maximum atomic E-state index is 10.1. The Morgan fingerprint density at radius 2 is 2.06 bits per heavy atom. The van der Waals surface area contributed by atoms with Crippen molar-refractivity contribution in [2.24, 2.45) is 5.92 Å². The van der Waals surface area contributed by atoms with Crippen LogP contribution < -0.4 is 0 Å². The van der Waals surface area contributed by atoms with Crippen molar-refractivity contribution in [2.45, 2.75) is 43.9 Å². The van der Waals surface area contributed by atoms with E-state index in [4.69, 9.17) is 0 Å². The summed E-state index contributed by atoms with van der Waals surface area (Å²) in [5.41, 5.74) is 1.71. The van der Waals surface area contributed by atoms with Gasteiger partial charge in [-0.3, -0.25) is 4.89 Å². The van der Waals surface area contributed by atoms with Gasteiger partial charge in [-0.25, -0.2) is 0 Å². The Hall–Kier alpha value is -0.170. The standard InChI is InChI=1S/C13H21O2P/c1-16(15)13-9-5-3-7-11(13)10-6-2-4-8-12(10)14/h2,4,7,10,12-15H,3,5-6,8-9H2,1H3/p+1. The molecule has 2 N–H and O–H groups in total. The highest BCUT2D eigenvalue weighted by molar-refractivity contribution is 7.51. The predicted octanol–water partition coefficient (Wildman–Crippen LogP) is 2.54. The van der Waals surface area contributed by atoms with Crippen molar-refractivity contribution in [1.82, 2.24) is 0 Å². The van der Waals surface area contributed by atoms with Crippen molar-refractivity contribution in [3.05, 3.63) is 23.8 Å². The van der Waals surface area contributed by atoms with Crippen molar-refractivity contribution in [3.8, 4) is 0 Å². The van der Waals surface area contributed by atoms with Crippen LogP contribution in [0.3, 0.4) is 0 Å². The van der Waals surface area contributed by atoms with E-state index in [9.17, 15) is 10.00 Å². The van der Waals surface area contributed by atoms with E-state index in [-0.39, 0.29) is 12.0 Å². The average molecular weight is 241 g/mol. The summed E-state index contributed by atoms with van der Waals surface area (Å²) >= 11 is 0. The third-order valence-corrected chi connectivity index (χ3v) is 5.44. The normalized spacial score (nSPS) is 36.9. The Morgan fingerprint density at radius 3 is 2.75 bits per heavy atom. The summed E-state index contributed by atoms with van der Waals surface area (Å²) < 4.78 is 0. The van der Waals surface area contributed by atoms with Crippen LogP contribution in [0, 0.1) is 5.92 Å². The minimum absolute atomic E-state index is 0.238. The summed E-state index contributed by atoms with van der Waals surface area (Å²) in [5, 5.41) is 10.1. The fraction of sp³-hybridized carbons (Fsp3) is 0.692. The van der Waals surface area contributed by atoms with Gasteiger partial charge in [0.1, 0.15) is 13.8 Å². The Labute approximate surface area is 98.9 Å². The second-order valence-electron chi connectivity index (χ2n) is 4.95. The highest BCUT2D eigenvalue weighted by Crippen LogP contribution is 2.46. The molecule has 0 radical (unpaired) electrons. The van der Waals surface area contributed by atoms with Crippen molar-refractivity contribution in [2.75, 3.05) is 6.66 Å². The van der Waals surface area contributed by atoms with Crippen molar-refractivity contribution in [3.63, 3.8) is 0 Å². The van der Waals surface area contributed by atoms with Gasteiger partial charge in [-0.2, -0.15) is 0 Å². The van der Waals surface area contributed by atoms with Crippen LogP contribution in [-0.4, -0.2) is 28.4 Å². The Kier molecular flexibility index (Phi) is 4.18. The fourth-order valence-electron chi connectivity index (χ4n) is 2.92. The average Bonchev–Trinajstić information content (AvgIpc) is 2.29. The van der Waals surface area contributed by atoms with Gasteiger partial charge in [-0.15, -0.1) is 0 Å². The van der Waals surface area contributed by atoms with Crippen LogP contribution >= 0.6 is 8.15 Å². The van der Waals surface area contributed by atoms with Gasteiger partial charge in [-0.1, -0.05) is 18.2 Å². The minimum Gasteiger partial charge on any atom is -0.392 e. The Bertz CT molecular complexity index is 296. The van der Waals surface area contributed by atoms with Crippen LogP contribution in [-0.2, 0) is 0 Å². The van der Waals surface area contributed by atoms with E-state index in [1.807, 2.05) is 6.66 Å². The molecule has 2 aliphatic rings. The van der Waals surface area contributed by atoms with Crippen LogP contribution in [0.1, 0.15) is 32.1 Å². The molecule has 0 aromatic carbocycles. The molecule has 2 aliphatic carbocycles. The van der Waals surface area contributed by atoms with E-state index in [1.54, 1.807) is 0 Å². The lowest BCUT2D eigenvalue weighted by atomic mass is 9.80. The maximum Gasteiger partial charge on any atom is 0.133 e. The third kappa shape index (κ3) is 2.56. The first kappa shape index (κ1) is 12.3. The molecule has 0 heterocycles. The van der Waals surface area contributed by atoms with Crippen LogP contribution in [0.5, 0.6) is 0 Å². The molecule has 0 bridgehead atoms. The third-order valence-electron chi connectivity index (χ3n) is 3.81. The van der Waals surface area contributed by atoms with Crippen LogP contribution in [0.15, 0.2) is 23.8 Å². The number of rotatable bonds is 2. The zero-order chi connectivity index (χ0) is 11.5. The summed E-state index contributed by atoms with van der Waals surface area (Å²) in [4.78, 5) is 9.93. The molecule has 4 unspecified atom stereocenters. The highest BCUT2D eigenvalue weighted by Gasteiger charge is 2.35. The molecule has 2 nitrogen and oxygen atoms in total. The maximum absolute atomic E-state index is 10.1. The molecule has 3 heteroatoms. The van der Waals surface area contributed by atoms with Crippen LogP contribution in [0.2, 0.25) is 0 Å². The van der Waals surface area contributed by atoms with Crippen molar-refractivity contribution in [1.29, 1.82) is 0 Å². The number of hydrogen-bond donors (Lipinski definition) is 2. The lowest BCUT2D eigenvalue weighted by Gasteiger charge is -2.32. The first-order valence-electron chi connectivity index (χ1n) is 6.25. The summed E-state index contributed by atoms with van der Waals surface area (Å²) in [5.74, 6) is 0.266. The van der Waals surface area contributed by atoms with Gasteiger partial charge < -0.3 is 5.11 Å². The second-order valence-corrected chi connectivity index (χ2v) is 6.93. The molecule has 0 fully saturated rings. The number of allylic oxidation sites excluding steroid dienone is 2. The van der Waals surface area contributed by atoms with E-state index >= 15 is 0 Å². The molecule has 0 aromatic heterocycles. The van der Waals surface area contributed by atoms with Gasteiger partial charge in [0.2, 0.25) is 0 Å². The molecule has 0 amide bonds. The van der Waals surface area contributed by atoms with Gasteiger partial charge in [-0.05, 0) is 37.7 Å². The Morgan fingerprint density at radius 1 is 1.31 bits per heavy atom. The quantitative estimate of drug-likeness (QED) is 0.576. The fourth-order valence-corrected chi connectivity index (χ4v) is 4.35. The van der Waals surface area contributed by atoms with E-state index in [0.29, 0.717) is 5.66 Å². The van der Waals surface area contributed by atoms with Gasteiger partial charge >= 0.3 is 0 Å². The molecule has 0 saturated carbocycles. The molecule has 0 aromatic rings. The molecule has 16 heavy (non-hydrogen) atoms. The topological polar surface area (TPSA) is 40.5 Å². The summed E-state index contributed by atoms with van der Waals surface area (Å²) in [6, 6.07) is 0. The number of hydrogen-bond acceptors (Lipinski definition) is 2. The van der Waals surface area contributed by atoms with Crippen LogP contribution in [0.4, 0.5) is 0 Å². The first-order chi connectivity index (χ1) is 7.70. The van der Waals surface area contributed by atoms with Gasteiger partial charge in [0.25, 0.3) is 0 Å². The van der Waals surface area contributed by atoms with E-state index < -0.39 is 8.15 Å². The molecular formula is C13H22O2P+. The molecule has 4 atom stereocenters. The SMILES string of the molecule is C[PH+](O)C1CCCC=C1C1CC=CCC1O.